The summed E-state index contributed by atoms with van der Waals surface area (Å²) in [5, 5.41) is 14.2. The van der Waals surface area contributed by atoms with Crippen LogP contribution in [0.1, 0.15) is 0 Å². The number of anilines is 9. The van der Waals surface area contributed by atoms with Gasteiger partial charge in [0.15, 0.2) is 0 Å². The third-order valence-corrected chi connectivity index (χ3v) is 29.0. The molecule has 706 valence electrons. The Hall–Kier alpha value is -19.9. The Morgan fingerprint density at radius 2 is 0.333 bits per heavy atom. The Bertz CT molecular complexity index is 9680. The van der Waals surface area contributed by atoms with E-state index in [0.717, 1.165) is 173 Å². The van der Waals surface area contributed by atoms with Crippen molar-refractivity contribution in [2.45, 2.75) is 0 Å². The zero-order chi connectivity index (χ0) is 99.6. The van der Waals surface area contributed by atoms with E-state index in [0.29, 0.717) is 0 Å². The molecule has 0 saturated carbocycles. The van der Waals surface area contributed by atoms with Crippen molar-refractivity contribution >= 4 is 149 Å². The molecule has 6 nitrogen and oxygen atoms in total. The van der Waals surface area contributed by atoms with Crippen molar-refractivity contribution in [2.24, 2.45) is 0 Å². The summed E-state index contributed by atoms with van der Waals surface area (Å²) in [7, 11) is 0. The highest BCUT2D eigenvalue weighted by Gasteiger charge is 2.25. The number of fused-ring (bicyclic) bond motifs is 12. The molecule has 28 rings (SSSR count). The van der Waals surface area contributed by atoms with E-state index in [9.17, 15) is 0 Å². The lowest BCUT2D eigenvalue weighted by atomic mass is 9.98. The van der Waals surface area contributed by atoms with Gasteiger partial charge in [-0.05, 0) is 220 Å². The van der Waals surface area contributed by atoms with Gasteiger partial charge in [0.2, 0.25) is 0 Å². The van der Waals surface area contributed by atoms with Crippen LogP contribution in [0, 0.1) is 0 Å². The van der Waals surface area contributed by atoms with Crippen LogP contribution >= 0.6 is 0 Å². The average molecular weight is 1920 g/mol. The van der Waals surface area contributed by atoms with Gasteiger partial charge in [-0.3, -0.25) is 0 Å². The maximum Gasteiger partial charge on any atom is 0.143 e. The molecule has 3 heterocycles. The fraction of sp³-hybridized carbons (Fsp3) is 0. The van der Waals surface area contributed by atoms with Crippen LogP contribution in [0.5, 0.6) is 0 Å². The van der Waals surface area contributed by atoms with E-state index in [-0.39, 0.29) is 0 Å². The number of rotatable bonds is 19. The van der Waals surface area contributed by atoms with E-state index < -0.39 is 0 Å². The summed E-state index contributed by atoms with van der Waals surface area (Å²) in [6.45, 7) is 0. The first-order valence-corrected chi connectivity index (χ1v) is 51.1. The molecule has 0 fully saturated rings. The van der Waals surface area contributed by atoms with E-state index in [4.69, 9.17) is 13.3 Å². The van der Waals surface area contributed by atoms with Crippen LogP contribution < -0.4 is 14.7 Å². The van der Waals surface area contributed by atoms with E-state index in [2.05, 4.69) is 579 Å². The SMILES string of the molecule is c1ccc(-c2ccc(N(c3ccc(-c4ccccc4)cc3)c3cccc(-c4cccc5c4oc4c(-c6ccccc6)cccc45)c3)cc2)cc1.c1ccc(-c2cccc(N(c3ccc(-c4cccc5ccccc45)cc3)c3ccc(-c4cccc5c4oc4ccccc45)cc3)c2)cc1.c1ccc(-c2cccc3c2oc2c(-c4ccc(N(c5ccc(-c6cccc7ccccc67)cc5)c5cccc6ccccc56)cc4)cccc23)cc1. The Balaban J connectivity index is 0.000000114. The molecule has 0 radical (unpaired) electrons. The Labute approximate surface area is 870 Å². The molecule has 0 atom stereocenters. The summed E-state index contributed by atoms with van der Waals surface area (Å²) in [6, 6.07) is 209. The van der Waals surface area contributed by atoms with Gasteiger partial charge in [-0.2, -0.15) is 0 Å². The minimum Gasteiger partial charge on any atom is -0.455 e. The van der Waals surface area contributed by atoms with Crippen molar-refractivity contribution in [1.29, 1.82) is 0 Å². The highest BCUT2D eigenvalue weighted by Crippen LogP contribution is 2.50. The number of hydrogen-bond acceptors (Lipinski definition) is 6. The molecule has 0 N–H and O–H groups in total. The number of furan rings is 3. The van der Waals surface area contributed by atoms with Gasteiger partial charge >= 0.3 is 0 Å². The lowest BCUT2D eigenvalue weighted by Gasteiger charge is -2.27. The van der Waals surface area contributed by atoms with Gasteiger partial charge in [-0.15, -0.1) is 0 Å². The third kappa shape index (κ3) is 17.5. The zero-order valence-corrected chi connectivity index (χ0v) is 82.1. The van der Waals surface area contributed by atoms with Crippen molar-refractivity contribution in [2.75, 3.05) is 14.7 Å². The molecule has 0 aliphatic rings. The van der Waals surface area contributed by atoms with Crippen LogP contribution in [-0.4, -0.2) is 0 Å². The van der Waals surface area contributed by atoms with E-state index in [1.54, 1.807) is 0 Å². The summed E-state index contributed by atoms with van der Waals surface area (Å²) in [5.74, 6) is 0. The third-order valence-electron chi connectivity index (χ3n) is 29.0. The Morgan fingerprint density at radius 3 is 0.720 bits per heavy atom. The molecule has 3 aromatic heterocycles. The Morgan fingerprint density at radius 1 is 0.113 bits per heavy atom. The first-order valence-electron chi connectivity index (χ1n) is 51.1. The van der Waals surface area contributed by atoms with Crippen molar-refractivity contribution in [3.63, 3.8) is 0 Å². The first-order chi connectivity index (χ1) is 74.4. The molecule has 28 aromatic rings. The zero-order valence-electron chi connectivity index (χ0n) is 82.1. The van der Waals surface area contributed by atoms with Crippen LogP contribution in [0.15, 0.2) is 602 Å². The maximum absolute atomic E-state index is 6.79. The summed E-state index contributed by atoms with van der Waals surface area (Å²) in [6.07, 6.45) is 0. The van der Waals surface area contributed by atoms with E-state index >= 15 is 0 Å². The van der Waals surface area contributed by atoms with E-state index in [1.807, 2.05) is 24.3 Å². The predicted octanol–water partition coefficient (Wildman–Crippen LogP) is 41.3. The molecule has 25 aromatic carbocycles. The van der Waals surface area contributed by atoms with Crippen molar-refractivity contribution in [1.82, 2.24) is 0 Å². The van der Waals surface area contributed by atoms with Crippen LogP contribution in [-0.2, 0) is 0 Å². The second-order valence-electron chi connectivity index (χ2n) is 38.0. The highest BCUT2D eigenvalue weighted by molar-refractivity contribution is 6.16. The molecule has 0 saturated heterocycles. The summed E-state index contributed by atoms with van der Waals surface area (Å²) in [5.41, 5.74) is 38.4. The Kier molecular flexibility index (Phi) is 24.0. The maximum atomic E-state index is 6.79. The van der Waals surface area contributed by atoms with Crippen molar-refractivity contribution in [3.05, 3.63) is 588 Å². The van der Waals surface area contributed by atoms with Crippen LogP contribution in [0.2, 0.25) is 0 Å². The number of hydrogen-bond donors (Lipinski definition) is 0. The largest absolute Gasteiger partial charge is 0.455 e. The molecule has 0 aliphatic carbocycles. The van der Waals surface area contributed by atoms with Gasteiger partial charge in [-0.1, -0.05) is 479 Å². The fourth-order valence-electron chi connectivity index (χ4n) is 21.7. The van der Waals surface area contributed by atoms with Gasteiger partial charge in [0.1, 0.15) is 33.5 Å². The quantitative estimate of drug-likeness (QED) is 0.0804. The lowest BCUT2D eigenvalue weighted by molar-refractivity contribution is 0.670. The molecule has 0 amide bonds. The van der Waals surface area contributed by atoms with Crippen molar-refractivity contribution in [3.8, 4) is 111 Å². The van der Waals surface area contributed by atoms with Gasteiger partial charge < -0.3 is 28.0 Å². The molecule has 150 heavy (non-hydrogen) atoms. The molecule has 0 spiro atoms. The summed E-state index contributed by atoms with van der Waals surface area (Å²) >= 11 is 0. The normalized spacial score (nSPS) is 11.3. The van der Waals surface area contributed by atoms with Gasteiger partial charge in [0, 0.05) is 111 Å². The summed E-state index contributed by atoms with van der Waals surface area (Å²) in [4.78, 5) is 7.04. The van der Waals surface area contributed by atoms with E-state index in [1.165, 1.54) is 88.0 Å². The van der Waals surface area contributed by atoms with Crippen molar-refractivity contribution < 1.29 is 13.3 Å². The van der Waals surface area contributed by atoms with Crippen LogP contribution in [0.4, 0.5) is 51.2 Å². The fourth-order valence-corrected chi connectivity index (χ4v) is 21.7. The standard InChI is InChI=1S/C50H33NO.C48H33NO.C46H31NO/c1-2-12-36(13-3-1)44-21-10-23-46-47-24-11-22-45(50(47)52-49(44)46)38-28-32-40(33-29-38)51(48-25-9-17-35-15-5-7-19-43(35)48)39-30-26-37(27-31-39)42-20-8-16-34-14-4-6-18-41(34)42;1-4-13-34(14-5-1)36-25-29-40(30-26-36)49(41-31-27-37(28-32-41)35-15-6-2-7-16-35)42-20-10-19-39(33-42)44-22-12-24-46-45-23-11-21-43(47(45)50-48(44)46)38-17-8-3-9-18-38;1-2-11-32(12-3-1)36-15-8-16-39(31-36)47(37-27-23-34(24-28-37)41-19-9-14-33-13-4-5-17-40(33)41)38-29-25-35(26-30-38)42-20-10-21-44-43-18-6-7-22-45(43)48-46(42)44/h1-33H;1-33H;1-31H. The average Bonchev–Trinajstić information content (AvgIpc) is 1.60. The monoisotopic (exact) mass is 1920 g/mol. The van der Waals surface area contributed by atoms with Gasteiger partial charge in [0.05, 0.1) is 5.69 Å². The molecule has 0 unspecified atom stereocenters. The minimum absolute atomic E-state index is 0.897. The molecule has 6 heteroatoms. The second kappa shape index (κ2) is 40.0. The van der Waals surface area contributed by atoms with Crippen LogP contribution in [0.25, 0.3) is 209 Å². The molecule has 0 bridgehead atoms. The topological polar surface area (TPSA) is 49.1 Å². The predicted molar refractivity (Wildman–Crippen MR) is 632 cm³/mol. The minimum atomic E-state index is 0.897. The van der Waals surface area contributed by atoms with Crippen LogP contribution in [0.3, 0.4) is 0 Å². The first kappa shape index (κ1) is 90.1. The number of nitrogens with zero attached hydrogens (tertiary/aromatic N) is 3. The lowest BCUT2D eigenvalue weighted by Crippen LogP contribution is -2.10. The molecular formula is C144H97N3O3. The van der Waals surface area contributed by atoms with Gasteiger partial charge in [-0.25, -0.2) is 0 Å². The highest BCUT2D eigenvalue weighted by atomic mass is 16.3. The molecular weight excluding hydrogens is 1820 g/mol. The molecule has 0 aliphatic heterocycles. The summed E-state index contributed by atoms with van der Waals surface area (Å²) < 4.78 is 19.9. The number of para-hydroxylation sites is 6. The second-order valence-corrected chi connectivity index (χ2v) is 38.0. The van der Waals surface area contributed by atoms with Gasteiger partial charge in [0.25, 0.3) is 0 Å². The number of benzene rings is 25. The smallest absolute Gasteiger partial charge is 0.143 e.